The van der Waals surface area contributed by atoms with Crippen LogP contribution in [0.5, 0.6) is 0 Å². The quantitative estimate of drug-likeness (QED) is 0.753. The molecule has 0 aliphatic carbocycles. The molecule has 6 nitrogen and oxygen atoms in total. The Labute approximate surface area is 90.8 Å². The lowest BCUT2D eigenvalue weighted by atomic mass is 10.1. The summed E-state index contributed by atoms with van der Waals surface area (Å²) in [4.78, 5) is 11.5. The van der Waals surface area contributed by atoms with Crippen LogP contribution in [0.25, 0.3) is 0 Å². The summed E-state index contributed by atoms with van der Waals surface area (Å²) in [6, 6.07) is 0. The van der Waals surface area contributed by atoms with Crippen molar-refractivity contribution in [3.05, 3.63) is 5.01 Å². The van der Waals surface area contributed by atoms with Crippen molar-refractivity contribution in [2.75, 3.05) is 25.5 Å². The van der Waals surface area contributed by atoms with Gasteiger partial charge in [-0.1, -0.05) is 11.3 Å². The van der Waals surface area contributed by atoms with E-state index in [1.54, 1.807) is 0 Å². The lowest BCUT2D eigenvalue weighted by molar-refractivity contribution is 0.0944. The van der Waals surface area contributed by atoms with Crippen molar-refractivity contribution in [3.8, 4) is 0 Å². The summed E-state index contributed by atoms with van der Waals surface area (Å²) in [6.07, 6.45) is 0.999. The molecule has 0 bridgehead atoms. The predicted octanol–water partition coefficient (Wildman–Crippen LogP) is -0.113. The average molecular weight is 228 g/mol. The molecule has 1 aromatic heterocycles. The highest BCUT2D eigenvalue weighted by Gasteiger charge is 2.18. The van der Waals surface area contributed by atoms with E-state index in [-0.39, 0.29) is 5.91 Å². The number of anilines is 1. The molecule has 0 aromatic carbocycles. The molecule has 3 N–H and O–H groups in total. The molecular weight excluding hydrogens is 216 g/mol. The molecule has 2 heterocycles. The van der Waals surface area contributed by atoms with Crippen LogP contribution in [0.15, 0.2) is 0 Å². The van der Waals surface area contributed by atoms with Crippen molar-refractivity contribution in [2.24, 2.45) is 5.92 Å². The predicted molar refractivity (Wildman–Crippen MR) is 55.6 cm³/mol. The van der Waals surface area contributed by atoms with Crippen molar-refractivity contribution in [1.29, 1.82) is 0 Å². The summed E-state index contributed by atoms with van der Waals surface area (Å²) < 4.78 is 5.20. The largest absolute Gasteiger partial charge is 0.381 e. The molecule has 0 saturated carbocycles. The first kappa shape index (κ1) is 10.3. The van der Waals surface area contributed by atoms with Gasteiger partial charge in [0, 0.05) is 19.1 Å². The van der Waals surface area contributed by atoms with Crippen LogP contribution in [-0.2, 0) is 4.74 Å². The van der Waals surface area contributed by atoms with Gasteiger partial charge in [0.1, 0.15) is 0 Å². The number of nitrogens with one attached hydrogen (secondary N) is 1. The zero-order valence-corrected chi connectivity index (χ0v) is 8.92. The number of nitrogens with two attached hydrogens (primary N) is 1. The number of aromatic nitrogens is 2. The number of nitrogens with zero attached hydrogens (tertiary/aromatic N) is 2. The van der Waals surface area contributed by atoms with E-state index in [1.165, 1.54) is 0 Å². The third kappa shape index (κ3) is 2.63. The van der Waals surface area contributed by atoms with Gasteiger partial charge in [-0.25, -0.2) is 0 Å². The number of carbonyl (C=O) groups is 1. The van der Waals surface area contributed by atoms with Crippen LogP contribution in [0.1, 0.15) is 16.2 Å². The second kappa shape index (κ2) is 4.54. The topological polar surface area (TPSA) is 90.1 Å². The number of hydrogen-bond acceptors (Lipinski definition) is 6. The van der Waals surface area contributed by atoms with E-state index in [1.807, 2.05) is 0 Å². The number of rotatable bonds is 3. The van der Waals surface area contributed by atoms with Gasteiger partial charge in [-0.15, -0.1) is 10.2 Å². The van der Waals surface area contributed by atoms with Crippen molar-refractivity contribution in [1.82, 2.24) is 15.5 Å². The number of nitrogen functional groups attached to an aromatic ring is 1. The number of carbonyl (C=O) groups excluding carboxylic acids is 1. The van der Waals surface area contributed by atoms with Crippen molar-refractivity contribution < 1.29 is 9.53 Å². The number of hydrogen-bond donors (Lipinski definition) is 2. The Bertz CT molecular complexity index is 348. The van der Waals surface area contributed by atoms with E-state index in [0.29, 0.717) is 22.6 Å². The fraction of sp³-hybridized carbons (Fsp3) is 0.625. The van der Waals surface area contributed by atoms with Crippen LogP contribution in [0.3, 0.4) is 0 Å². The first-order valence-corrected chi connectivity index (χ1v) is 5.52. The SMILES string of the molecule is Nc1nnc(C(=O)NCC2CCOC2)s1. The molecule has 15 heavy (non-hydrogen) atoms. The molecule has 82 valence electrons. The Morgan fingerprint density at radius 2 is 2.53 bits per heavy atom. The number of ether oxygens (including phenoxy) is 1. The normalized spacial score (nSPS) is 20.4. The van der Waals surface area contributed by atoms with Crippen molar-refractivity contribution >= 4 is 22.4 Å². The van der Waals surface area contributed by atoms with Gasteiger partial charge < -0.3 is 15.8 Å². The van der Waals surface area contributed by atoms with Crippen molar-refractivity contribution in [2.45, 2.75) is 6.42 Å². The Kier molecular flexibility index (Phi) is 3.12. The lowest BCUT2D eigenvalue weighted by Gasteiger charge is -2.07. The maximum absolute atomic E-state index is 11.5. The van der Waals surface area contributed by atoms with E-state index >= 15 is 0 Å². The smallest absolute Gasteiger partial charge is 0.282 e. The molecule has 1 atom stereocenters. The zero-order chi connectivity index (χ0) is 10.7. The minimum atomic E-state index is -0.212. The van der Waals surface area contributed by atoms with E-state index in [9.17, 15) is 4.79 Å². The first-order valence-electron chi connectivity index (χ1n) is 4.70. The van der Waals surface area contributed by atoms with Gasteiger partial charge in [0.05, 0.1) is 6.61 Å². The van der Waals surface area contributed by atoms with Crippen LogP contribution in [0.2, 0.25) is 0 Å². The summed E-state index contributed by atoms with van der Waals surface area (Å²) in [5.41, 5.74) is 5.38. The monoisotopic (exact) mass is 228 g/mol. The van der Waals surface area contributed by atoms with E-state index in [2.05, 4.69) is 15.5 Å². The molecule has 7 heteroatoms. The van der Waals surface area contributed by atoms with Gasteiger partial charge in [0.15, 0.2) is 0 Å². The average Bonchev–Trinajstić information content (AvgIpc) is 2.84. The maximum atomic E-state index is 11.5. The third-order valence-corrected chi connectivity index (χ3v) is 2.96. The maximum Gasteiger partial charge on any atom is 0.282 e. The van der Waals surface area contributed by atoms with Crippen LogP contribution in [-0.4, -0.2) is 35.9 Å². The van der Waals surface area contributed by atoms with E-state index in [4.69, 9.17) is 10.5 Å². The van der Waals surface area contributed by atoms with Gasteiger partial charge in [0.2, 0.25) is 10.1 Å². The van der Waals surface area contributed by atoms with Gasteiger partial charge in [-0.05, 0) is 6.42 Å². The Morgan fingerprint density at radius 1 is 1.67 bits per heavy atom. The summed E-state index contributed by atoms with van der Waals surface area (Å²) in [5, 5.41) is 10.6. The molecule has 0 spiro atoms. The summed E-state index contributed by atoms with van der Waals surface area (Å²) in [6.45, 7) is 2.13. The van der Waals surface area contributed by atoms with Gasteiger partial charge in [0.25, 0.3) is 5.91 Å². The highest BCUT2D eigenvalue weighted by atomic mass is 32.1. The molecule has 1 unspecified atom stereocenters. The van der Waals surface area contributed by atoms with Crippen LogP contribution >= 0.6 is 11.3 Å². The Hall–Kier alpha value is -1.21. The van der Waals surface area contributed by atoms with Gasteiger partial charge in [-0.3, -0.25) is 4.79 Å². The molecule has 1 aromatic rings. The van der Waals surface area contributed by atoms with Crippen LogP contribution in [0.4, 0.5) is 5.13 Å². The fourth-order valence-electron chi connectivity index (χ4n) is 1.38. The van der Waals surface area contributed by atoms with E-state index in [0.717, 1.165) is 31.0 Å². The molecule has 1 saturated heterocycles. The Balaban J connectivity index is 1.81. The summed E-state index contributed by atoms with van der Waals surface area (Å²) >= 11 is 1.09. The molecule has 1 fully saturated rings. The molecule has 1 aliphatic heterocycles. The highest BCUT2D eigenvalue weighted by molar-refractivity contribution is 7.16. The van der Waals surface area contributed by atoms with E-state index < -0.39 is 0 Å². The standard InChI is InChI=1S/C8H12N4O2S/c9-8-12-11-7(15-8)6(13)10-3-5-1-2-14-4-5/h5H,1-4H2,(H2,9,12)(H,10,13). The fourth-order valence-corrected chi connectivity index (χ4v) is 1.91. The minimum absolute atomic E-state index is 0.212. The molecule has 0 radical (unpaired) electrons. The first-order chi connectivity index (χ1) is 7.25. The van der Waals surface area contributed by atoms with Crippen LogP contribution < -0.4 is 11.1 Å². The second-order valence-electron chi connectivity index (χ2n) is 3.39. The van der Waals surface area contributed by atoms with Crippen LogP contribution in [0, 0.1) is 5.92 Å². The molecule has 1 amide bonds. The molecule has 1 aliphatic rings. The van der Waals surface area contributed by atoms with Gasteiger partial charge in [-0.2, -0.15) is 0 Å². The van der Waals surface area contributed by atoms with Crippen molar-refractivity contribution in [3.63, 3.8) is 0 Å². The minimum Gasteiger partial charge on any atom is -0.381 e. The highest BCUT2D eigenvalue weighted by Crippen LogP contribution is 2.13. The Morgan fingerprint density at radius 3 is 3.13 bits per heavy atom. The summed E-state index contributed by atoms with van der Waals surface area (Å²) in [7, 11) is 0. The van der Waals surface area contributed by atoms with Gasteiger partial charge >= 0.3 is 0 Å². The third-order valence-electron chi connectivity index (χ3n) is 2.21. The molecule has 2 rings (SSSR count). The second-order valence-corrected chi connectivity index (χ2v) is 4.39. The lowest BCUT2D eigenvalue weighted by Crippen LogP contribution is -2.29. The number of amides is 1. The zero-order valence-electron chi connectivity index (χ0n) is 8.10. The summed E-state index contributed by atoms with van der Waals surface area (Å²) in [5.74, 6) is 0.204. The molecular formula is C8H12N4O2S.